The maximum absolute atomic E-state index is 12.8. The van der Waals surface area contributed by atoms with Crippen molar-refractivity contribution in [1.29, 1.82) is 0 Å². The summed E-state index contributed by atoms with van der Waals surface area (Å²) in [6.07, 6.45) is 1.54. The Morgan fingerprint density at radius 3 is 2.90 bits per heavy atom. The van der Waals surface area contributed by atoms with Gasteiger partial charge >= 0.3 is 5.97 Å². The molecule has 0 saturated carbocycles. The van der Waals surface area contributed by atoms with Crippen molar-refractivity contribution < 1.29 is 23.1 Å². The third-order valence-corrected chi connectivity index (χ3v) is 6.16. The molecule has 0 spiro atoms. The smallest absolute Gasteiger partial charge is 0.322 e. The molecule has 1 N–H and O–H groups in total. The second-order valence-corrected chi connectivity index (χ2v) is 7.88. The van der Waals surface area contributed by atoms with E-state index in [0.29, 0.717) is 36.1 Å². The van der Waals surface area contributed by atoms with Crippen molar-refractivity contribution >= 4 is 31.9 Å². The maximum Gasteiger partial charge on any atom is 0.322 e. The van der Waals surface area contributed by atoms with Crippen LogP contribution < -0.4 is 4.74 Å². The van der Waals surface area contributed by atoms with Crippen molar-refractivity contribution in [3.8, 4) is 5.75 Å². The molecule has 114 valence electrons. The highest BCUT2D eigenvalue weighted by Crippen LogP contribution is 2.38. The number of carbonyl (C=O) groups is 1. The molecule has 2 aliphatic rings. The molecule has 6 nitrogen and oxygen atoms in total. The van der Waals surface area contributed by atoms with Crippen molar-refractivity contribution in [2.75, 3.05) is 13.2 Å². The Kier molecular flexibility index (Phi) is 3.71. The van der Waals surface area contributed by atoms with Gasteiger partial charge in [0.25, 0.3) is 0 Å². The lowest BCUT2D eigenvalue weighted by Gasteiger charge is -2.22. The van der Waals surface area contributed by atoms with Crippen LogP contribution >= 0.6 is 15.9 Å². The van der Waals surface area contributed by atoms with Crippen LogP contribution in [0.4, 0.5) is 0 Å². The van der Waals surface area contributed by atoms with Gasteiger partial charge in [-0.15, -0.1) is 0 Å². The summed E-state index contributed by atoms with van der Waals surface area (Å²) in [5, 5.41) is 9.20. The van der Waals surface area contributed by atoms with Crippen LogP contribution in [0.1, 0.15) is 18.4 Å². The quantitative estimate of drug-likeness (QED) is 0.867. The van der Waals surface area contributed by atoms with Crippen LogP contribution in [0.15, 0.2) is 21.5 Å². The highest BCUT2D eigenvalue weighted by atomic mass is 79.9. The normalized spacial score (nSPS) is 22.0. The molecule has 0 unspecified atom stereocenters. The first kappa shape index (κ1) is 14.8. The number of carboxylic acid groups (broad SMARTS) is 1. The molecule has 0 amide bonds. The van der Waals surface area contributed by atoms with Crippen LogP contribution in [-0.4, -0.2) is 43.0 Å². The fourth-order valence-electron chi connectivity index (χ4n) is 2.83. The van der Waals surface area contributed by atoms with E-state index in [-0.39, 0.29) is 11.4 Å². The Hall–Kier alpha value is -1.12. The van der Waals surface area contributed by atoms with Crippen LogP contribution in [0.2, 0.25) is 0 Å². The number of carboxylic acids is 1. The molecule has 0 bridgehead atoms. The van der Waals surface area contributed by atoms with Gasteiger partial charge < -0.3 is 9.84 Å². The molecule has 3 rings (SSSR count). The lowest BCUT2D eigenvalue weighted by molar-refractivity contribution is -0.140. The molecule has 0 aromatic heterocycles. The number of aliphatic carboxylic acids is 1. The second kappa shape index (κ2) is 5.26. The molecule has 2 aliphatic heterocycles. The molecule has 1 aromatic carbocycles. The van der Waals surface area contributed by atoms with Gasteiger partial charge in [0.15, 0.2) is 0 Å². The van der Waals surface area contributed by atoms with E-state index in [0.717, 1.165) is 9.87 Å². The minimum absolute atomic E-state index is 0.0533. The maximum atomic E-state index is 12.8. The number of benzene rings is 1. The van der Waals surface area contributed by atoms with Gasteiger partial charge in [0.1, 0.15) is 16.7 Å². The summed E-state index contributed by atoms with van der Waals surface area (Å²) in [4.78, 5) is 11.3. The van der Waals surface area contributed by atoms with Gasteiger partial charge in [0.2, 0.25) is 10.0 Å². The average molecular weight is 376 g/mol. The lowest BCUT2D eigenvalue weighted by Crippen LogP contribution is -2.40. The summed E-state index contributed by atoms with van der Waals surface area (Å²) in [5.74, 6) is -0.752. The number of fused-ring (bicyclic) bond motifs is 1. The topological polar surface area (TPSA) is 83.9 Å². The molecule has 21 heavy (non-hydrogen) atoms. The minimum Gasteiger partial charge on any atom is -0.492 e. The van der Waals surface area contributed by atoms with Gasteiger partial charge in [0, 0.05) is 23.0 Å². The van der Waals surface area contributed by atoms with E-state index >= 15 is 0 Å². The van der Waals surface area contributed by atoms with E-state index in [2.05, 4.69) is 15.9 Å². The van der Waals surface area contributed by atoms with Gasteiger partial charge in [-0.05, 0) is 25.0 Å². The Balaban J connectivity index is 2.09. The summed E-state index contributed by atoms with van der Waals surface area (Å²) in [5.41, 5.74) is 0.828. The number of ether oxygens (including phenoxy) is 1. The first-order valence-corrected chi connectivity index (χ1v) is 8.84. The predicted molar refractivity (Wildman–Crippen MR) is 77.9 cm³/mol. The molecule has 2 heterocycles. The molecule has 1 aromatic rings. The van der Waals surface area contributed by atoms with E-state index in [1.54, 1.807) is 0 Å². The van der Waals surface area contributed by atoms with E-state index in [4.69, 9.17) is 4.74 Å². The SMILES string of the molecule is O=C(O)[C@@H]1CCCN1S(=O)(=O)c1cc(Br)cc2c1OCC2. The minimum atomic E-state index is -3.88. The summed E-state index contributed by atoms with van der Waals surface area (Å²) in [6.45, 7) is 0.664. The number of hydrogen-bond acceptors (Lipinski definition) is 4. The standard InChI is InChI=1S/C13H14BrNO5S/c14-9-6-8-3-5-20-12(8)11(7-9)21(18,19)15-4-1-2-10(15)13(16)17/h6-7,10H,1-5H2,(H,16,17)/t10-/m0/s1. The second-order valence-electron chi connectivity index (χ2n) is 5.10. The lowest BCUT2D eigenvalue weighted by atomic mass is 10.2. The first-order chi connectivity index (χ1) is 9.91. The zero-order valence-electron chi connectivity index (χ0n) is 11.1. The third kappa shape index (κ3) is 2.45. The number of nitrogens with zero attached hydrogens (tertiary/aromatic N) is 1. The number of halogens is 1. The molecule has 1 fully saturated rings. The van der Waals surface area contributed by atoms with E-state index in [1.165, 1.54) is 6.07 Å². The molecule has 1 saturated heterocycles. The Morgan fingerprint density at radius 2 is 2.19 bits per heavy atom. The number of rotatable bonds is 3. The van der Waals surface area contributed by atoms with Crippen LogP contribution in [-0.2, 0) is 21.2 Å². The highest BCUT2D eigenvalue weighted by molar-refractivity contribution is 9.10. The summed E-state index contributed by atoms with van der Waals surface area (Å²) >= 11 is 3.31. The molecule has 8 heteroatoms. The number of sulfonamides is 1. The molecular weight excluding hydrogens is 362 g/mol. The van der Waals surface area contributed by atoms with Gasteiger partial charge in [-0.3, -0.25) is 4.79 Å². The van der Waals surface area contributed by atoms with Crippen molar-refractivity contribution in [1.82, 2.24) is 4.31 Å². The zero-order valence-corrected chi connectivity index (χ0v) is 13.5. The van der Waals surface area contributed by atoms with Crippen LogP contribution in [0, 0.1) is 0 Å². The summed E-state index contributed by atoms with van der Waals surface area (Å²) < 4.78 is 32.8. The predicted octanol–water partition coefficient (Wildman–Crippen LogP) is 1.62. The number of hydrogen-bond donors (Lipinski definition) is 1. The largest absolute Gasteiger partial charge is 0.492 e. The molecule has 1 atom stereocenters. The van der Waals surface area contributed by atoms with Gasteiger partial charge in [-0.2, -0.15) is 4.31 Å². The van der Waals surface area contributed by atoms with Crippen LogP contribution in [0.25, 0.3) is 0 Å². The van der Waals surface area contributed by atoms with Crippen LogP contribution in [0.3, 0.4) is 0 Å². The van der Waals surface area contributed by atoms with Gasteiger partial charge in [-0.1, -0.05) is 15.9 Å². The van der Waals surface area contributed by atoms with Gasteiger partial charge in [0.05, 0.1) is 6.61 Å². The Labute approximate surface area is 130 Å². The first-order valence-electron chi connectivity index (χ1n) is 6.61. The van der Waals surface area contributed by atoms with Crippen molar-refractivity contribution in [2.24, 2.45) is 0 Å². The van der Waals surface area contributed by atoms with E-state index < -0.39 is 22.0 Å². The summed E-state index contributed by atoms with van der Waals surface area (Å²) in [6, 6.07) is 2.32. The van der Waals surface area contributed by atoms with Gasteiger partial charge in [-0.25, -0.2) is 8.42 Å². The zero-order chi connectivity index (χ0) is 15.2. The molecule has 0 aliphatic carbocycles. The monoisotopic (exact) mass is 375 g/mol. The highest BCUT2D eigenvalue weighted by Gasteiger charge is 2.41. The van der Waals surface area contributed by atoms with E-state index in [1.807, 2.05) is 6.07 Å². The summed E-state index contributed by atoms with van der Waals surface area (Å²) in [7, 11) is -3.88. The van der Waals surface area contributed by atoms with E-state index in [9.17, 15) is 18.3 Å². The Bertz CT molecular complexity index is 703. The molecule has 0 radical (unpaired) electrons. The fraction of sp³-hybridized carbons (Fsp3) is 0.462. The fourth-order valence-corrected chi connectivity index (χ4v) is 5.34. The Morgan fingerprint density at radius 1 is 1.43 bits per heavy atom. The molecular formula is C13H14BrNO5S. The van der Waals surface area contributed by atoms with Crippen molar-refractivity contribution in [3.63, 3.8) is 0 Å². The van der Waals surface area contributed by atoms with Crippen LogP contribution in [0.5, 0.6) is 5.75 Å². The van der Waals surface area contributed by atoms with Crippen molar-refractivity contribution in [2.45, 2.75) is 30.2 Å². The van der Waals surface area contributed by atoms with Crippen molar-refractivity contribution in [3.05, 3.63) is 22.2 Å². The average Bonchev–Trinajstić information content (AvgIpc) is 3.05. The third-order valence-electron chi connectivity index (χ3n) is 3.79.